The molecule has 0 aliphatic carbocycles. The number of rotatable bonds is 8. The minimum atomic E-state index is -1.16. The number of benzene rings is 2. The fourth-order valence-corrected chi connectivity index (χ4v) is 3.76. The first-order valence-corrected chi connectivity index (χ1v) is 12.1. The smallest absolute Gasteiger partial charge is 0.408 e. The Kier molecular flexibility index (Phi) is 9.13. The van der Waals surface area contributed by atoms with E-state index in [-0.39, 0.29) is 12.3 Å². The summed E-state index contributed by atoms with van der Waals surface area (Å²) in [6.45, 7) is 14.0. The first-order chi connectivity index (χ1) is 16.7. The Bertz CT molecular complexity index is 1100. The highest BCUT2D eigenvalue weighted by Crippen LogP contribution is 2.37. The van der Waals surface area contributed by atoms with Gasteiger partial charge in [0.05, 0.1) is 0 Å². The molecule has 0 aromatic heterocycles. The maximum absolute atomic E-state index is 13.8. The Morgan fingerprint density at radius 2 is 1.58 bits per heavy atom. The number of phenolic OH excluding ortho intramolecular Hbond substituents is 1. The largest absolute Gasteiger partial charge is 0.507 e. The van der Waals surface area contributed by atoms with Gasteiger partial charge in [0, 0.05) is 16.8 Å². The number of aryl methyl sites for hydroxylation is 2. The zero-order valence-electron chi connectivity index (χ0n) is 22.6. The number of alkyl carbamates (subject to hydrolysis) is 1. The maximum atomic E-state index is 13.8. The molecule has 2 rings (SSSR count). The zero-order valence-corrected chi connectivity index (χ0v) is 22.6. The van der Waals surface area contributed by atoms with E-state index in [0.29, 0.717) is 23.2 Å². The van der Waals surface area contributed by atoms with E-state index < -0.39 is 35.1 Å². The molecule has 0 heterocycles. The lowest BCUT2D eigenvalue weighted by molar-refractivity contribution is -0.145. The number of anilines is 1. The summed E-state index contributed by atoms with van der Waals surface area (Å²) in [6, 6.07) is 11.3. The van der Waals surface area contributed by atoms with Gasteiger partial charge in [0.25, 0.3) is 5.91 Å². The predicted octanol–water partition coefficient (Wildman–Crippen LogP) is 5.23. The molecule has 8 heteroatoms. The van der Waals surface area contributed by atoms with Crippen LogP contribution in [0.4, 0.5) is 10.5 Å². The summed E-state index contributed by atoms with van der Waals surface area (Å²) < 4.78 is 5.26. The van der Waals surface area contributed by atoms with Gasteiger partial charge in [-0.15, -0.1) is 0 Å². The van der Waals surface area contributed by atoms with Crippen LogP contribution in [0.15, 0.2) is 42.5 Å². The van der Waals surface area contributed by atoms with Crippen LogP contribution in [0.1, 0.15) is 70.7 Å². The molecular weight excluding hydrogens is 458 g/mol. The first-order valence-electron chi connectivity index (χ1n) is 12.1. The van der Waals surface area contributed by atoms with Crippen LogP contribution in [0.25, 0.3) is 0 Å². The molecule has 196 valence electrons. The third-order valence-corrected chi connectivity index (χ3v) is 6.04. The quantitative estimate of drug-likeness (QED) is 0.463. The van der Waals surface area contributed by atoms with Gasteiger partial charge in [-0.2, -0.15) is 0 Å². The molecule has 0 bridgehead atoms. The van der Waals surface area contributed by atoms with Crippen molar-refractivity contribution in [2.75, 3.05) is 11.9 Å². The van der Waals surface area contributed by atoms with Crippen LogP contribution >= 0.6 is 0 Å². The summed E-state index contributed by atoms with van der Waals surface area (Å²) in [4.78, 5) is 41.2. The Labute approximate surface area is 214 Å². The molecule has 3 amide bonds. The van der Waals surface area contributed by atoms with Crippen molar-refractivity contribution in [3.63, 3.8) is 0 Å². The number of carbonyl (C=O) groups is 3. The van der Waals surface area contributed by atoms with Crippen molar-refractivity contribution in [1.82, 2.24) is 10.2 Å². The van der Waals surface area contributed by atoms with Crippen molar-refractivity contribution in [1.29, 1.82) is 0 Å². The third kappa shape index (κ3) is 7.23. The molecule has 0 radical (unpaired) electrons. The molecular formula is C28H39N3O5. The van der Waals surface area contributed by atoms with Gasteiger partial charge in [-0.25, -0.2) is 4.79 Å². The van der Waals surface area contributed by atoms with Gasteiger partial charge in [-0.3, -0.25) is 9.59 Å². The second-order valence-electron chi connectivity index (χ2n) is 10.5. The molecule has 0 spiro atoms. The number of hydrogen-bond donors (Lipinski definition) is 3. The SMILES string of the molecule is CCC(C)(C)N(C(=O)CNC(=O)OC(C)(C)C)C(C(=O)Nc1ccccc1C)c1cccc(C)c1O. The van der Waals surface area contributed by atoms with Crippen LogP contribution in [0, 0.1) is 13.8 Å². The average molecular weight is 498 g/mol. The maximum Gasteiger partial charge on any atom is 0.408 e. The molecule has 0 fully saturated rings. The van der Waals surface area contributed by atoms with Crippen LogP contribution < -0.4 is 10.6 Å². The first kappa shape index (κ1) is 28.7. The molecule has 2 aromatic carbocycles. The van der Waals surface area contributed by atoms with Crippen molar-refractivity contribution >= 4 is 23.6 Å². The van der Waals surface area contributed by atoms with Gasteiger partial charge >= 0.3 is 6.09 Å². The lowest BCUT2D eigenvalue weighted by Crippen LogP contribution is -2.55. The fourth-order valence-electron chi connectivity index (χ4n) is 3.76. The Morgan fingerprint density at radius 1 is 0.972 bits per heavy atom. The van der Waals surface area contributed by atoms with E-state index in [4.69, 9.17) is 4.74 Å². The fraction of sp³-hybridized carbons (Fsp3) is 0.464. The highest BCUT2D eigenvalue weighted by Gasteiger charge is 2.41. The highest BCUT2D eigenvalue weighted by atomic mass is 16.6. The van der Waals surface area contributed by atoms with Crippen LogP contribution in [0.3, 0.4) is 0 Å². The van der Waals surface area contributed by atoms with Crippen LogP contribution in [0.2, 0.25) is 0 Å². The van der Waals surface area contributed by atoms with Gasteiger partial charge < -0.3 is 25.4 Å². The van der Waals surface area contributed by atoms with E-state index in [0.717, 1.165) is 5.56 Å². The lowest BCUT2D eigenvalue weighted by Gasteiger charge is -2.43. The van der Waals surface area contributed by atoms with Gasteiger partial charge in [-0.05, 0) is 72.1 Å². The molecule has 0 aliphatic rings. The highest BCUT2D eigenvalue weighted by molar-refractivity contribution is 5.99. The number of hydrogen-bond acceptors (Lipinski definition) is 5. The van der Waals surface area contributed by atoms with Gasteiger partial charge in [0.2, 0.25) is 5.91 Å². The van der Waals surface area contributed by atoms with Gasteiger partial charge in [0.15, 0.2) is 0 Å². The average Bonchev–Trinajstić information content (AvgIpc) is 2.78. The van der Waals surface area contributed by atoms with Crippen molar-refractivity contribution in [3.05, 3.63) is 59.2 Å². The number of phenols is 1. The number of nitrogens with zero attached hydrogens (tertiary/aromatic N) is 1. The normalized spacial score (nSPS) is 12.4. The molecule has 36 heavy (non-hydrogen) atoms. The van der Waals surface area contributed by atoms with Gasteiger partial charge in [-0.1, -0.05) is 43.3 Å². The summed E-state index contributed by atoms with van der Waals surface area (Å²) in [7, 11) is 0. The Hall–Kier alpha value is -3.55. The second-order valence-corrected chi connectivity index (χ2v) is 10.5. The molecule has 3 N–H and O–H groups in total. The number of nitrogens with one attached hydrogen (secondary N) is 2. The molecule has 2 aromatic rings. The molecule has 8 nitrogen and oxygen atoms in total. The zero-order chi connectivity index (χ0) is 27.3. The second kappa shape index (κ2) is 11.5. The molecule has 1 atom stereocenters. The van der Waals surface area contributed by atoms with E-state index in [1.165, 1.54) is 4.90 Å². The number of ether oxygens (including phenoxy) is 1. The summed E-state index contributed by atoms with van der Waals surface area (Å²) in [6.07, 6.45) is -0.212. The summed E-state index contributed by atoms with van der Waals surface area (Å²) in [5.74, 6) is -1.02. The van der Waals surface area contributed by atoms with E-state index >= 15 is 0 Å². The van der Waals surface area contributed by atoms with Gasteiger partial charge in [0.1, 0.15) is 23.9 Å². The number of carbonyl (C=O) groups excluding carboxylic acids is 3. The topological polar surface area (TPSA) is 108 Å². The minimum absolute atomic E-state index is 0.0627. The number of para-hydroxylation sites is 2. The third-order valence-electron chi connectivity index (χ3n) is 6.04. The predicted molar refractivity (Wildman–Crippen MR) is 141 cm³/mol. The van der Waals surface area contributed by atoms with Crippen LogP contribution in [-0.4, -0.2) is 45.6 Å². The molecule has 1 unspecified atom stereocenters. The standard InChI is InChI=1S/C28H39N3O5/c1-9-28(7,8)31(22(32)17-29-26(35)36-27(4,5)6)23(20-15-12-14-19(3)24(20)33)25(34)30-21-16-11-10-13-18(21)2/h10-16,23,33H,9,17H2,1-8H3,(H,29,35)(H,30,34). The number of amides is 3. The van der Waals surface area contributed by atoms with E-state index in [1.54, 1.807) is 52.0 Å². The summed E-state index contributed by atoms with van der Waals surface area (Å²) in [5, 5.41) is 16.4. The monoisotopic (exact) mass is 497 g/mol. The minimum Gasteiger partial charge on any atom is -0.507 e. The number of aromatic hydroxyl groups is 1. The van der Waals surface area contributed by atoms with Crippen molar-refractivity contribution in [2.24, 2.45) is 0 Å². The molecule has 0 aliphatic heterocycles. The lowest BCUT2D eigenvalue weighted by atomic mass is 9.91. The van der Waals surface area contributed by atoms with E-state index in [9.17, 15) is 19.5 Å². The van der Waals surface area contributed by atoms with E-state index in [2.05, 4.69) is 10.6 Å². The van der Waals surface area contributed by atoms with Crippen molar-refractivity contribution in [2.45, 2.75) is 79.0 Å². The molecule has 0 saturated heterocycles. The van der Waals surface area contributed by atoms with E-state index in [1.807, 2.05) is 45.9 Å². The van der Waals surface area contributed by atoms with Crippen LogP contribution in [-0.2, 0) is 14.3 Å². The summed E-state index contributed by atoms with van der Waals surface area (Å²) >= 11 is 0. The Morgan fingerprint density at radius 3 is 2.17 bits per heavy atom. The molecule has 0 saturated carbocycles. The Balaban J connectivity index is 2.54. The van der Waals surface area contributed by atoms with Crippen molar-refractivity contribution in [3.8, 4) is 5.75 Å². The van der Waals surface area contributed by atoms with Crippen molar-refractivity contribution < 1.29 is 24.2 Å². The van der Waals surface area contributed by atoms with Crippen LogP contribution in [0.5, 0.6) is 5.75 Å². The summed E-state index contributed by atoms with van der Waals surface area (Å²) in [5.41, 5.74) is 0.823.